The Morgan fingerprint density at radius 2 is 1.79 bits per heavy atom. The van der Waals surface area contributed by atoms with Crippen LogP contribution in [0.4, 0.5) is 0 Å². The van der Waals surface area contributed by atoms with Crippen molar-refractivity contribution in [3.63, 3.8) is 0 Å². The van der Waals surface area contributed by atoms with Crippen molar-refractivity contribution in [2.75, 3.05) is 19.7 Å². The number of hydrogen-bond acceptors (Lipinski definition) is 4. The average Bonchev–Trinajstić information content (AvgIpc) is 2.73. The molecule has 2 amide bonds. The second-order valence-electron chi connectivity index (χ2n) is 7.03. The van der Waals surface area contributed by atoms with E-state index in [1.807, 2.05) is 41.3 Å². The topological polar surface area (TPSA) is 58.6 Å². The number of likely N-dealkylation sites (tertiary alicyclic amines) is 1. The summed E-state index contributed by atoms with van der Waals surface area (Å²) in [6, 6.07) is 14.7. The van der Waals surface area contributed by atoms with Crippen LogP contribution >= 0.6 is 24.2 Å². The number of carbonyl (C=O) groups excluding carboxylic acids is 2. The Balaban J connectivity index is 1.36. The normalized spacial score (nSPS) is 14.5. The molecule has 0 aliphatic carbocycles. The van der Waals surface area contributed by atoms with Gasteiger partial charge < -0.3 is 15.0 Å². The number of amides is 2. The van der Waals surface area contributed by atoms with Gasteiger partial charge in [0.2, 0.25) is 5.91 Å². The van der Waals surface area contributed by atoms with Gasteiger partial charge in [0.25, 0.3) is 5.91 Å². The van der Waals surface area contributed by atoms with E-state index in [1.54, 1.807) is 12.1 Å². The highest BCUT2D eigenvalue weighted by Gasteiger charge is 2.25. The lowest BCUT2D eigenvalue weighted by Gasteiger charge is -2.32. The second kappa shape index (κ2) is 10.6. The van der Waals surface area contributed by atoms with Crippen LogP contribution < -0.4 is 10.1 Å². The van der Waals surface area contributed by atoms with E-state index in [1.165, 1.54) is 0 Å². The van der Waals surface area contributed by atoms with Crippen LogP contribution in [0.1, 0.15) is 36.0 Å². The molecule has 29 heavy (non-hydrogen) atoms. The van der Waals surface area contributed by atoms with Gasteiger partial charge in [0, 0.05) is 30.4 Å². The summed E-state index contributed by atoms with van der Waals surface area (Å²) in [6.45, 7) is 1.69. The number of para-hydroxylation sites is 1. The molecule has 7 heteroatoms. The van der Waals surface area contributed by atoms with E-state index in [0.29, 0.717) is 53.8 Å². The van der Waals surface area contributed by atoms with Gasteiger partial charge in [-0.15, -0.1) is 12.6 Å². The van der Waals surface area contributed by atoms with Crippen molar-refractivity contribution in [1.29, 1.82) is 0 Å². The predicted molar refractivity (Wildman–Crippen MR) is 117 cm³/mol. The highest BCUT2D eigenvalue weighted by Crippen LogP contribution is 2.23. The van der Waals surface area contributed by atoms with Crippen molar-refractivity contribution in [2.45, 2.75) is 36.6 Å². The van der Waals surface area contributed by atoms with E-state index in [4.69, 9.17) is 16.3 Å². The fourth-order valence-electron chi connectivity index (χ4n) is 3.33. The number of piperidine rings is 1. The molecule has 2 aromatic rings. The first kappa shape index (κ1) is 21.5. The van der Waals surface area contributed by atoms with Gasteiger partial charge in [0.1, 0.15) is 5.75 Å². The number of carbonyl (C=O) groups is 2. The zero-order valence-electron chi connectivity index (χ0n) is 16.1. The van der Waals surface area contributed by atoms with Crippen LogP contribution in [0, 0.1) is 0 Å². The van der Waals surface area contributed by atoms with Crippen LogP contribution in [0.3, 0.4) is 0 Å². The zero-order valence-corrected chi connectivity index (χ0v) is 17.8. The number of hydrogen-bond donors (Lipinski definition) is 2. The summed E-state index contributed by atoms with van der Waals surface area (Å²) in [5.74, 6) is 0.643. The average molecular weight is 433 g/mol. The number of nitrogens with one attached hydrogen (secondary N) is 1. The maximum atomic E-state index is 12.6. The Morgan fingerprint density at radius 1 is 1.10 bits per heavy atom. The fourth-order valence-corrected chi connectivity index (χ4v) is 3.77. The maximum Gasteiger partial charge on any atom is 0.254 e. The van der Waals surface area contributed by atoms with Gasteiger partial charge in [-0.25, -0.2) is 0 Å². The van der Waals surface area contributed by atoms with Gasteiger partial charge in [-0.3, -0.25) is 9.59 Å². The third-order valence-corrected chi connectivity index (χ3v) is 5.63. The van der Waals surface area contributed by atoms with Gasteiger partial charge in [-0.05, 0) is 43.5 Å². The van der Waals surface area contributed by atoms with E-state index in [2.05, 4.69) is 17.9 Å². The molecule has 1 aliphatic heterocycles. The first-order valence-electron chi connectivity index (χ1n) is 9.78. The van der Waals surface area contributed by atoms with Crippen LogP contribution in [-0.2, 0) is 4.79 Å². The van der Waals surface area contributed by atoms with Gasteiger partial charge in [0.15, 0.2) is 0 Å². The van der Waals surface area contributed by atoms with Crippen LogP contribution in [0.5, 0.6) is 5.75 Å². The molecule has 1 aliphatic rings. The van der Waals surface area contributed by atoms with E-state index in [-0.39, 0.29) is 17.9 Å². The van der Waals surface area contributed by atoms with Crippen LogP contribution in [-0.4, -0.2) is 42.5 Å². The molecule has 0 atom stereocenters. The summed E-state index contributed by atoms with van der Waals surface area (Å²) in [4.78, 5) is 27.3. The van der Waals surface area contributed by atoms with E-state index in [0.717, 1.165) is 12.8 Å². The first-order valence-corrected chi connectivity index (χ1v) is 10.6. The predicted octanol–water partition coefficient (Wildman–Crippen LogP) is 4.21. The van der Waals surface area contributed by atoms with Crippen molar-refractivity contribution in [3.8, 4) is 5.75 Å². The monoisotopic (exact) mass is 432 g/mol. The molecule has 5 nitrogen and oxygen atoms in total. The molecule has 3 rings (SSSR count). The van der Waals surface area contributed by atoms with Crippen molar-refractivity contribution in [1.82, 2.24) is 10.2 Å². The molecule has 0 saturated carbocycles. The van der Waals surface area contributed by atoms with Gasteiger partial charge in [-0.1, -0.05) is 35.9 Å². The third kappa shape index (κ3) is 6.15. The van der Waals surface area contributed by atoms with Crippen LogP contribution in [0.2, 0.25) is 5.02 Å². The fraction of sp³-hybridized carbons (Fsp3) is 0.364. The number of halogens is 1. The largest absolute Gasteiger partial charge is 0.492 e. The SMILES string of the molecule is O=C(CCCOc1ccccc1Cl)NC1CCN(C(=O)c2ccccc2S)CC1. The number of nitrogens with zero attached hydrogens (tertiary/aromatic N) is 1. The Morgan fingerprint density at radius 3 is 2.52 bits per heavy atom. The Labute approximate surface area is 181 Å². The van der Waals surface area contributed by atoms with Crippen LogP contribution in [0.25, 0.3) is 0 Å². The lowest BCUT2D eigenvalue weighted by atomic mass is 10.0. The maximum absolute atomic E-state index is 12.6. The molecule has 2 aromatic carbocycles. The number of benzene rings is 2. The lowest BCUT2D eigenvalue weighted by Crippen LogP contribution is -2.46. The third-order valence-electron chi connectivity index (χ3n) is 4.92. The summed E-state index contributed by atoms with van der Waals surface area (Å²) in [7, 11) is 0. The van der Waals surface area contributed by atoms with Crippen molar-refractivity contribution < 1.29 is 14.3 Å². The Kier molecular flexibility index (Phi) is 7.83. The summed E-state index contributed by atoms with van der Waals surface area (Å²) in [6.07, 6.45) is 2.52. The number of thiol groups is 1. The zero-order chi connectivity index (χ0) is 20.6. The van der Waals surface area contributed by atoms with Gasteiger partial charge in [-0.2, -0.15) is 0 Å². The van der Waals surface area contributed by atoms with Gasteiger partial charge >= 0.3 is 0 Å². The molecule has 1 heterocycles. The minimum atomic E-state index is -0.00269. The summed E-state index contributed by atoms with van der Waals surface area (Å²) in [5.41, 5.74) is 0.622. The quantitative estimate of drug-likeness (QED) is 0.509. The smallest absolute Gasteiger partial charge is 0.254 e. The van der Waals surface area contributed by atoms with E-state index in [9.17, 15) is 9.59 Å². The number of rotatable bonds is 7. The molecule has 0 radical (unpaired) electrons. The van der Waals surface area contributed by atoms with Crippen molar-refractivity contribution in [3.05, 3.63) is 59.1 Å². The highest BCUT2D eigenvalue weighted by atomic mass is 35.5. The molecule has 1 N–H and O–H groups in total. The molecular formula is C22H25ClN2O3S. The molecule has 0 spiro atoms. The summed E-state index contributed by atoms with van der Waals surface area (Å²) < 4.78 is 5.61. The van der Waals surface area contributed by atoms with Gasteiger partial charge in [0.05, 0.1) is 17.2 Å². The second-order valence-corrected chi connectivity index (χ2v) is 7.92. The molecule has 0 unspecified atom stereocenters. The van der Waals surface area contributed by atoms with Crippen molar-refractivity contribution in [2.24, 2.45) is 0 Å². The summed E-state index contributed by atoms with van der Waals surface area (Å²) >= 11 is 10.4. The van der Waals surface area contributed by atoms with E-state index >= 15 is 0 Å². The molecule has 154 valence electrons. The molecule has 0 bridgehead atoms. The number of ether oxygens (including phenoxy) is 1. The minimum Gasteiger partial charge on any atom is -0.492 e. The first-order chi connectivity index (χ1) is 14.0. The Hall–Kier alpha value is -2.18. The minimum absolute atomic E-state index is 0.00269. The van der Waals surface area contributed by atoms with E-state index < -0.39 is 0 Å². The molecule has 1 fully saturated rings. The van der Waals surface area contributed by atoms with Crippen LogP contribution in [0.15, 0.2) is 53.4 Å². The highest BCUT2D eigenvalue weighted by molar-refractivity contribution is 7.80. The molecular weight excluding hydrogens is 408 g/mol. The van der Waals surface area contributed by atoms with Crippen molar-refractivity contribution >= 4 is 36.0 Å². The molecule has 1 saturated heterocycles. The lowest BCUT2D eigenvalue weighted by molar-refractivity contribution is -0.122. The molecule has 0 aromatic heterocycles. The standard InChI is InChI=1S/C22H25ClN2O3S/c23-18-7-2-3-8-19(18)28-15-5-10-21(26)24-16-11-13-25(14-12-16)22(27)17-6-1-4-9-20(17)29/h1-4,6-9,16,29H,5,10-15H2,(H,24,26). The summed E-state index contributed by atoms with van der Waals surface area (Å²) in [5, 5.41) is 3.63. The Bertz CT molecular complexity index is 853.